The molecule has 0 fully saturated rings. The van der Waals surface area contributed by atoms with Gasteiger partial charge in [0.15, 0.2) is 0 Å². The van der Waals surface area contributed by atoms with Crippen LogP contribution in [-0.4, -0.2) is 31.4 Å². The Bertz CT molecular complexity index is 501. The fraction of sp³-hybridized carbons (Fsp3) is 0.333. The summed E-state index contributed by atoms with van der Waals surface area (Å²) < 4.78 is 34.8. The van der Waals surface area contributed by atoms with Crippen LogP contribution in [0.4, 0.5) is 0 Å². The van der Waals surface area contributed by atoms with Crippen molar-refractivity contribution in [2.45, 2.75) is 19.6 Å². The minimum atomic E-state index is -1.34. The minimum Gasteiger partial charge on any atom is -0.255 e. The molecule has 1 aromatic carbocycles. The van der Waals surface area contributed by atoms with E-state index in [1.54, 1.807) is 12.1 Å². The molecular weight excluding hydrogens is 350 g/mol. The fourth-order valence-corrected chi connectivity index (χ4v) is 5.51. The first-order valence-corrected chi connectivity index (χ1v) is 9.34. The molecule has 0 aromatic heterocycles. The van der Waals surface area contributed by atoms with Crippen LogP contribution in [0.15, 0.2) is 31.7 Å². The largest absolute Gasteiger partial charge is 0.255 e. The van der Waals surface area contributed by atoms with Gasteiger partial charge in [-0.05, 0) is 12.1 Å². The summed E-state index contributed by atoms with van der Waals surface area (Å²) in [6, 6.07) is 3.25. The van der Waals surface area contributed by atoms with Crippen LogP contribution in [0.2, 0.25) is 0 Å². The Hall–Kier alpha value is 0.643. The average Bonchev–Trinajstić information content (AvgIpc) is 2.15. The minimum absolute atomic E-state index is 0. The normalized spacial score (nSPS) is 15.8. The topological polar surface area (TPSA) is 51.2 Å². The van der Waals surface area contributed by atoms with E-state index in [-0.39, 0.29) is 19.5 Å². The molecule has 1 aromatic rings. The number of thiol groups is 1. The van der Waals surface area contributed by atoms with Gasteiger partial charge in [-0.1, -0.05) is 0 Å². The van der Waals surface area contributed by atoms with E-state index in [1.807, 2.05) is 0 Å². The van der Waals surface area contributed by atoms with Gasteiger partial charge in [0, 0.05) is 43.1 Å². The molecular formula is C9H12O3S4Zn. The summed E-state index contributed by atoms with van der Waals surface area (Å²) in [4.78, 5) is 1.77. The Labute approximate surface area is 127 Å². The van der Waals surface area contributed by atoms with E-state index >= 15 is 0 Å². The summed E-state index contributed by atoms with van der Waals surface area (Å²) >= 11 is 4.19. The first-order chi connectivity index (χ1) is 7.36. The van der Waals surface area contributed by atoms with E-state index in [2.05, 4.69) is 12.6 Å². The van der Waals surface area contributed by atoms with E-state index in [0.29, 0.717) is 19.6 Å². The van der Waals surface area contributed by atoms with Gasteiger partial charge in [0.2, 0.25) is 0 Å². The molecule has 3 atom stereocenters. The number of hydrogen-bond acceptors (Lipinski definition) is 4. The maximum absolute atomic E-state index is 11.7. The molecule has 3 unspecified atom stereocenters. The second kappa shape index (κ2) is 7.29. The molecule has 92 valence electrons. The van der Waals surface area contributed by atoms with Crippen molar-refractivity contribution in [3.05, 3.63) is 12.1 Å². The Balaban J connectivity index is 0.00000256. The van der Waals surface area contributed by atoms with Gasteiger partial charge in [0.05, 0.1) is 47.1 Å². The van der Waals surface area contributed by atoms with E-state index in [4.69, 9.17) is 0 Å². The summed E-state index contributed by atoms with van der Waals surface area (Å²) in [6.45, 7) is 0. The van der Waals surface area contributed by atoms with Crippen LogP contribution in [0.1, 0.15) is 0 Å². The third kappa shape index (κ3) is 4.06. The number of benzene rings is 1. The third-order valence-electron chi connectivity index (χ3n) is 1.94. The van der Waals surface area contributed by atoms with Crippen LogP contribution in [0.5, 0.6) is 0 Å². The van der Waals surface area contributed by atoms with Gasteiger partial charge >= 0.3 is 0 Å². The molecule has 0 heterocycles. The quantitative estimate of drug-likeness (QED) is 0.650. The van der Waals surface area contributed by atoms with E-state index < -0.39 is 32.4 Å². The van der Waals surface area contributed by atoms with Gasteiger partial charge in [0.25, 0.3) is 0 Å². The Morgan fingerprint density at radius 3 is 1.71 bits per heavy atom. The molecule has 0 saturated carbocycles. The molecule has 17 heavy (non-hydrogen) atoms. The fourth-order valence-electron chi connectivity index (χ4n) is 1.31. The van der Waals surface area contributed by atoms with Crippen molar-refractivity contribution < 1.29 is 32.1 Å². The first kappa shape index (κ1) is 17.6. The van der Waals surface area contributed by atoms with Gasteiger partial charge < -0.3 is 0 Å². The predicted octanol–water partition coefficient (Wildman–Crippen LogP) is 1.19. The van der Waals surface area contributed by atoms with Gasteiger partial charge in [0.1, 0.15) is 0 Å². The molecule has 8 heteroatoms. The van der Waals surface area contributed by atoms with Crippen molar-refractivity contribution >= 4 is 45.0 Å². The average molecular weight is 362 g/mol. The second-order valence-corrected chi connectivity index (χ2v) is 7.57. The van der Waals surface area contributed by atoms with E-state index in [0.717, 1.165) is 0 Å². The molecule has 0 bridgehead atoms. The van der Waals surface area contributed by atoms with Gasteiger partial charge in [-0.15, -0.1) is 12.6 Å². The maximum atomic E-state index is 11.7. The van der Waals surface area contributed by atoms with Gasteiger partial charge in [-0.2, -0.15) is 0 Å². The molecule has 0 radical (unpaired) electrons. The first-order valence-electron chi connectivity index (χ1n) is 4.22. The molecule has 0 spiro atoms. The standard InChI is InChI=1S/C9H12O3S4.Zn/c1-14(10)7-5-4-6(13)8(15(2)11)9(7)16(3)12;/h4-5,13H,1-3H3;. The molecule has 0 N–H and O–H groups in total. The SMILES string of the molecule is CS(=O)c1ccc(S)c(S(C)=O)c1S(C)=O.[Zn]. The van der Waals surface area contributed by atoms with E-state index in [1.165, 1.54) is 18.8 Å². The zero-order valence-electron chi connectivity index (χ0n) is 9.76. The van der Waals surface area contributed by atoms with Crippen molar-refractivity contribution in [2.24, 2.45) is 0 Å². The van der Waals surface area contributed by atoms with Crippen LogP contribution in [-0.2, 0) is 51.9 Å². The maximum Gasteiger partial charge on any atom is 0.0718 e. The van der Waals surface area contributed by atoms with Crippen molar-refractivity contribution in [3.8, 4) is 0 Å². The van der Waals surface area contributed by atoms with Crippen LogP contribution < -0.4 is 0 Å². The Kier molecular flexibility index (Phi) is 7.56. The third-order valence-corrected chi connectivity index (χ3v) is 5.68. The van der Waals surface area contributed by atoms with Crippen LogP contribution in [0.3, 0.4) is 0 Å². The molecule has 0 aliphatic carbocycles. The smallest absolute Gasteiger partial charge is 0.0718 e. The zero-order chi connectivity index (χ0) is 12.5. The summed E-state index contributed by atoms with van der Waals surface area (Å²) in [5.41, 5.74) is 0. The molecule has 0 aliphatic rings. The molecule has 1 rings (SSSR count). The Morgan fingerprint density at radius 2 is 1.35 bits per heavy atom. The van der Waals surface area contributed by atoms with Crippen LogP contribution >= 0.6 is 12.6 Å². The van der Waals surface area contributed by atoms with E-state index in [9.17, 15) is 12.6 Å². The monoisotopic (exact) mass is 360 g/mol. The summed E-state index contributed by atoms with van der Waals surface area (Å²) in [7, 11) is -3.90. The second-order valence-electron chi connectivity index (χ2n) is 3.10. The van der Waals surface area contributed by atoms with Gasteiger partial charge in [-0.3, -0.25) is 12.6 Å². The Morgan fingerprint density at radius 1 is 0.882 bits per heavy atom. The summed E-state index contributed by atoms with van der Waals surface area (Å²) in [6.07, 6.45) is 4.48. The molecule has 0 amide bonds. The summed E-state index contributed by atoms with van der Waals surface area (Å²) in [5.74, 6) is 0. The van der Waals surface area contributed by atoms with Crippen LogP contribution in [0.25, 0.3) is 0 Å². The van der Waals surface area contributed by atoms with Crippen molar-refractivity contribution in [1.82, 2.24) is 0 Å². The van der Waals surface area contributed by atoms with Crippen LogP contribution in [0, 0.1) is 0 Å². The summed E-state index contributed by atoms with van der Waals surface area (Å²) in [5, 5.41) is 0. The van der Waals surface area contributed by atoms with Crippen molar-refractivity contribution in [3.63, 3.8) is 0 Å². The molecule has 0 saturated heterocycles. The van der Waals surface area contributed by atoms with Crippen molar-refractivity contribution in [1.29, 1.82) is 0 Å². The zero-order valence-corrected chi connectivity index (χ0v) is 16.1. The number of hydrogen-bond donors (Lipinski definition) is 1. The molecule has 3 nitrogen and oxygen atoms in total. The van der Waals surface area contributed by atoms with Gasteiger partial charge in [-0.25, -0.2) is 0 Å². The van der Waals surface area contributed by atoms with Crippen molar-refractivity contribution in [2.75, 3.05) is 18.8 Å². The predicted molar refractivity (Wildman–Crippen MR) is 70.7 cm³/mol. The molecule has 0 aliphatic heterocycles. The number of rotatable bonds is 3.